The highest BCUT2D eigenvalue weighted by atomic mass is 35.5. The molecule has 6 heteroatoms. The molecule has 1 aromatic carbocycles. The van der Waals surface area contributed by atoms with Gasteiger partial charge in [-0.15, -0.1) is 0 Å². The smallest absolute Gasteiger partial charge is 0.221 e. The summed E-state index contributed by atoms with van der Waals surface area (Å²) in [4.78, 5) is 19.4. The van der Waals surface area contributed by atoms with Crippen LogP contribution in [0.15, 0.2) is 36.7 Å². The Morgan fingerprint density at radius 3 is 2.77 bits per heavy atom. The van der Waals surface area contributed by atoms with Gasteiger partial charge in [-0.05, 0) is 24.1 Å². The van der Waals surface area contributed by atoms with E-state index in [9.17, 15) is 4.79 Å². The molecule has 0 radical (unpaired) electrons. The standard InChI is InChI=1S/C16H19ClN4O/c1-3-5-14(21-16-10-18-15(17)9-19-16)12-6-4-7-13(8-12)20-11(2)22/h4,6-10,14H,3,5H2,1-2H3,(H,19,21)(H,20,22). The Hall–Kier alpha value is -2.14. The zero-order valence-electron chi connectivity index (χ0n) is 12.6. The van der Waals surface area contributed by atoms with Crippen LogP contribution >= 0.6 is 11.6 Å². The molecule has 0 bridgehead atoms. The molecule has 2 N–H and O–H groups in total. The second-order valence-electron chi connectivity index (χ2n) is 5.02. The molecule has 2 aromatic rings. The van der Waals surface area contributed by atoms with Crippen molar-refractivity contribution in [2.75, 3.05) is 10.6 Å². The molecule has 2 rings (SSSR count). The first-order valence-electron chi connectivity index (χ1n) is 7.20. The van der Waals surface area contributed by atoms with Crippen molar-refractivity contribution in [2.45, 2.75) is 32.7 Å². The van der Waals surface area contributed by atoms with E-state index in [1.807, 2.05) is 24.3 Å². The number of nitrogens with zero attached hydrogens (tertiary/aromatic N) is 2. The van der Waals surface area contributed by atoms with E-state index in [2.05, 4.69) is 27.5 Å². The van der Waals surface area contributed by atoms with Crippen LogP contribution in [0, 0.1) is 0 Å². The average molecular weight is 319 g/mol. The first-order valence-corrected chi connectivity index (χ1v) is 7.58. The van der Waals surface area contributed by atoms with Gasteiger partial charge in [0.1, 0.15) is 11.0 Å². The summed E-state index contributed by atoms with van der Waals surface area (Å²) in [6, 6.07) is 7.89. The Labute approximate surface area is 135 Å². The number of carbonyl (C=O) groups excluding carboxylic acids is 1. The number of benzene rings is 1. The number of aromatic nitrogens is 2. The van der Waals surface area contributed by atoms with Crippen molar-refractivity contribution in [3.05, 3.63) is 47.4 Å². The predicted molar refractivity (Wildman–Crippen MR) is 89.1 cm³/mol. The van der Waals surface area contributed by atoms with E-state index in [-0.39, 0.29) is 11.9 Å². The van der Waals surface area contributed by atoms with Crippen molar-refractivity contribution >= 4 is 29.0 Å². The predicted octanol–water partition coefficient (Wildman–Crippen LogP) is 4.04. The second-order valence-corrected chi connectivity index (χ2v) is 5.40. The van der Waals surface area contributed by atoms with Gasteiger partial charge in [0.25, 0.3) is 0 Å². The maximum absolute atomic E-state index is 11.2. The topological polar surface area (TPSA) is 66.9 Å². The summed E-state index contributed by atoms with van der Waals surface area (Å²) in [6.07, 6.45) is 5.08. The zero-order chi connectivity index (χ0) is 15.9. The zero-order valence-corrected chi connectivity index (χ0v) is 13.4. The number of nitrogens with one attached hydrogen (secondary N) is 2. The summed E-state index contributed by atoms with van der Waals surface area (Å²) in [7, 11) is 0. The highest BCUT2D eigenvalue weighted by Gasteiger charge is 2.12. The van der Waals surface area contributed by atoms with Crippen LogP contribution < -0.4 is 10.6 Å². The maximum atomic E-state index is 11.2. The van der Waals surface area contributed by atoms with Crippen LogP contribution in [0.3, 0.4) is 0 Å². The second kappa shape index (κ2) is 7.75. The van der Waals surface area contributed by atoms with Crippen molar-refractivity contribution < 1.29 is 4.79 Å². The van der Waals surface area contributed by atoms with Crippen molar-refractivity contribution in [2.24, 2.45) is 0 Å². The minimum absolute atomic E-state index is 0.0827. The number of hydrogen-bond donors (Lipinski definition) is 2. The molecule has 116 valence electrons. The lowest BCUT2D eigenvalue weighted by Crippen LogP contribution is -2.13. The van der Waals surface area contributed by atoms with Crippen LogP contribution in [0.25, 0.3) is 0 Å². The van der Waals surface area contributed by atoms with Gasteiger partial charge in [0.15, 0.2) is 0 Å². The minimum atomic E-state index is -0.0827. The molecule has 0 saturated carbocycles. The largest absolute Gasteiger partial charge is 0.362 e. The fourth-order valence-corrected chi connectivity index (χ4v) is 2.31. The molecule has 5 nitrogen and oxygen atoms in total. The third-order valence-electron chi connectivity index (χ3n) is 3.13. The highest BCUT2D eigenvalue weighted by molar-refractivity contribution is 6.29. The third kappa shape index (κ3) is 4.70. The Kier molecular flexibility index (Phi) is 5.72. The van der Waals surface area contributed by atoms with Gasteiger partial charge in [-0.3, -0.25) is 4.79 Å². The van der Waals surface area contributed by atoms with Crippen LogP contribution in [-0.2, 0) is 4.79 Å². The normalized spacial score (nSPS) is 11.8. The summed E-state index contributed by atoms with van der Waals surface area (Å²) < 4.78 is 0. The summed E-state index contributed by atoms with van der Waals surface area (Å²) in [5.74, 6) is 0.591. The molecular formula is C16H19ClN4O. The Morgan fingerprint density at radius 1 is 1.32 bits per heavy atom. The monoisotopic (exact) mass is 318 g/mol. The fourth-order valence-electron chi connectivity index (χ4n) is 2.21. The summed E-state index contributed by atoms with van der Waals surface area (Å²) in [5.41, 5.74) is 1.87. The number of carbonyl (C=O) groups is 1. The van der Waals surface area contributed by atoms with Gasteiger partial charge in [0.2, 0.25) is 5.91 Å². The van der Waals surface area contributed by atoms with Crippen LogP contribution in [-0.4, -0.2) is 15.9 Å². The molecule has 1 heterocycles. The molecule has 1 amide bonds. The maximum Gasteiger partial charge on any atom is 0.221 e. The van der Waals surface area contributed by atoms with E-state index in [1.54, 1.807) is 6.20 Å². The van der Waals surface area contributed by atoms with Crippen molar-refractivity contribution in [1.82, 2.24) is 9.97 Å². The van der Waals surface area contributed by atoms with Gasteiger partial charge in [0, 0.05) is 12.6 Å². The molecule has 0 aliphatic heterocycles. The van der Waals surface area contributed by atoms with Gasteiger partial charge < -0.3 is 10.6 Å². The van der Waals surface area contributed by atoms with E-state index >= 15 is 0 Å². The quantitative estimate of drug-likeness (QED) is 0.843. The lowest BCUT2D eigenvalue weighted by molar-refractivity contribution is -0.114. The Balaban J connectivity index is 2.19. The van der Waals surface area contributed by atoms with Gasteiger partial charge in [-0.25, -0.2) is 9.97 Å². The lowest BCUT2D eigenvalue weighted by Gasteiger charge is -2.20. The minimum Gasteiger partial charge on any atom is -0.362 e. The lowest BCUT2D eigenvalue weighted by atomic mass is 10.0. The molecule has 22 heavy (non-hydrogen) atoms. The van der Waals surface area contributed by atoms with Gasteiger partial charge in [-0.1, -0.05) is 37.1 Å². The molecule has 0 fully saturated rings. The number of halogens is 1. The van der Waals surface area contributed by atoms with E-state index in [1.165, 1.54) is 13.1 Å². The molecule has 0 aliphatic rings. The summed E-state index contributed by atoms with van der Waals surface area (Å²) in [5, 5.41) is 6.53. The Bertz CT molecular complexity index is 630. The van der Waals surface area contributed by atoms with E-state index in [0.717, 1.165) is 24.1 Å². The van der Waals surface area contributed by atoms with Crippen molar-refractivity contribution in [1.29, 1.82) is 0 Å². The molecule has 1 aromatic heterocycles. The first-order chi connectivity index (χ1) is 10.6. The molecular weight excluding hydrogens is 300 g/mol. The van der Waals surface area contributed by atoms with E-state index in [0.29, 0.717) is 11.0 Å². The molecule has 1 unspecified atom stereocenters. The van der Waals surface area contributed by atoms with Gasteiger partial charge in [0.05, 0.1) is 18.4 Å². The van der Waals surface area contributed by atoms with Crippen molar-refractivity contribution in [3.63, 3.8) is 0 Å². The average Bonchev–Trinajstić information content (AvgIpc) is 2.48. The number of rotatable bonds is 6. The molecule has 1 atom stereocenters. The van der Waals surface area contributed by atoms with Crippen LogP contribution in [0.1, 0.15) is 38.3 Å². The number of anilines is 2. The third-order valence-corrected chi connectivity index (χ3v) is 3.32. The van der Waals surface area contributed by atoms with Crippen LogP contribution in [0.5, 0.6) is 0 Å². The fraction of sp³-hybridized carbons (Fsp3) is 0.312. The van der Waals surface area contributed by atoms with Gasteiger partial charge >= 0.3 is 0 Å². The number of hydrogen-bond acceptors (Lipinski definition) is 4. The summed E-state index contributed by atoms with van der Waals surface area (Å²) >= 11 is 5.75. The summed E-state index contributed by atoms with van der Waals surface area (Å²) in [6.45, 7) is 3.62. The molecule has 0 aliphatic carbocycles. The SMILES string of the molecule is CCCC(Nc1cnc(Cl)cn1)c1cccc(NC(C)=O)c1. The van der Waals surface area contributed by atoms with Crippen LogP contribution in [0.2, 0.25) is 5.15 Å². The first kappa shape index (κ1) is 16.2. The van der Waals surface area contributed by atoms with E-state index < -0.39 is 0 Å². The van der Waals surface area contributed by atoms with Gasteiger partial charge in [-0.2, -0.15) is 0 Å². The van der Waals surface area contributed by atoms with Crippen molar-refractivity contribution in [3.8, 4) is 0 Å². The Morgan fingerprint density at radius 2 is 2.14 bits per heavy atom. The van der Waals surface area contributed by atoms with E-state index in [4.69, 9.17) is 11.6 Å². The number of amides is 1. The molecule has 0 spiro atoms. The molecule has 0 saturated heterocycles. The highest BCUT2D eigenvalue weighted by Crippen LogP contribution is 2.25. The van der Waals surface area contributed by atoms with Crippen LogP contribution in [0.4, 0.5) is 11.5 Å².